The van der Waals surface area contributed by atoms with Gasteiger partial charge in [0.1, 0.15) is 18.1 Å². The molecule has 2 atom stereocenters. The number of methoxy groups -OCH3 is 1. The zero-order valence-electron chi connectivity index (χ0n) is 11.7. The largest absolute Gasteiger partial charge is 0.491 e. The van der Waals surface area contributed by atoms with Crippen molar-refractivity contribution in [3.63, 3.8) is 0 Å². The molecule has 20 heavy (non-hydrogen) atoms. The third-order valence-corrected chi connectivity index (χ3v) is 3.09. The molecule has 0 aromatic heterocycles. The Balaban J connectivity index is 1.91. The van der Waals surface area contributed by atoms with Crippen LogP contribution in [0.2, 0.25) is 0 Å². The summed E-state index contributed by atoms with van der Waals surface area (Å²) >= 11 is 0. The van der Waals surface area contributed by atoms with E-state index in [1.54, 1.807) is 26.2 Å². The van der Waals surface area contributed by atoms with Crippen molar-refractivity contribution in [3.8, 4) is 11.5 Å². The lowest BCUT2D eigenvalue weighted by Gasteiger charge is -2.15. The van der Waals surface area contributed by atoms with Crippen LogP contribution >= 0.6 is 0 Å². The fourth-order valence-corrected chi connectivity index (χ4v) is 1.97. The summed E-state index contributed by atoms with van der Waals surface area (Å²) in [5, 5.41) is 2.72. The van der Waals surface area contributed by atoms with E-state index in [0.29, 0.717) is 25.5 Å². The number of nitrogens with two attached hydrogens (primary N) is 1. The Morgan fingerprint density at radius 2 is 2.40 bits per heavy atom. The summed E-state index contributed by atoms with van der Waals surface area (Å²) in [5.74, 6) is 1.13. The van der Waals surface area contributed by atoms with Crippen molar-refractivity contribution >= 4 is 5.91 Å². The van der Waals surface area contributed by atoms with Gasteiger partial charge >= 0.3 is 0 Å². The molecule has 0 radical (unpaired) electrons. The van der Waals surface area contributed by atoms with Crippen LogP contribution in [0.5, 0.6) is 11.5 Å². The maximum absolute atomic E-state index is 11.8. The lowest BCUT2D eigenvalue weighted by molar-refractivity contribution is -0.127. The first-order chi connectivity index (χ1) is 9.61. The van der Waals surface area contributed by atoms with Gasteiger partial charge in [0.25, 0.3) is 5.91 Å². The second kappa shape index (κ2) is 6.58. The number of fused-ring (bicyclic) bond motifs is 1. The highest BCUT2D eigenvalue weighted by Gasteiger charge is 2.22. The molecule has 0 aliphatic carbocycles. The van der Waals surface area contributed by atoms with Gasteiger partial charge in [0, 0.05) is 25.3 Å². The van der Waals surface area contributed by atoms with Crippen LogP contribution in [0.3, 0.4) is 0 Å². The average Bonchev–Trinajstić information content (AvgIpc) is 2.80. The molecule has 0 saturated carbocycles. The van der Waals surface area contributed by atoms with Crippen molar-refractivity contribution in [1.29, 1.82) is 0 Å². The van der Waals surface area contributed by atoms with Crippen molar-refractivity contribution in [2.45, 2.75) is 19.1 Å². The summed E-state index contributed by atoms with van der Waals surface area (Å²) in [6.45, 7) is 3.11. The van der Waals surface area contributed by atoms with Crippen LogP contribution in [0.1, 0.15) is 18.5 Å². The number of carbonyl (C=O) groups is 1. The van der Waals surface area contributed by atoms with Gasteiger partial charge in [-0.3, -0.25) is 4.79 Å². The summed E-state index contributed by atoms with van der Waals surface area (Å²) in [6, 6.07) is 5.35. The summed E-state index contributed by atoms with van der Waals surface area (Å²) < 4.78 is 15.9. The minimum atomic E-state index is -0.583. The molecule has 0 spiro atoms. The van der Waals surface area contributed by atoms with Gasteiger partial charge in [-0.15, -0.1) is 0 Å². The maximum atomic E-state index is 11.8. The smallest absolute Gasteiger partial charge is 0.260 e. The molecule has 2 rings (SSSR count). The molecule has 2 unspecified atom stereocenters. The molecule has 1 aromatic rings. The predicted molar refractivity (Wildman–Crippen MR) is 73.8 cm³/mol. The summed E-state index contributed by atoms with van der Waals surface area (Å²) in [5.41, 5.74) is 6.84. The lowest BCUT2D eigenvalue weighted by Crippen LogP contribution is -2.37. The Morgan fingerprint density at radius 1 is 1.60 bits per heavy atom. The van der Waals surface area contributed by atoms with Crippen LogP contribution in [0.25, 0.3) is 0 Å². The van der Waals surface area contributed by atoms with Crippen molar-refractivity contribution in [2.75, 3.05) is 26.9 Å². The molecule has 1 amide bonds. The normalized spacial score (nSPS) is 18.1. The quantitative estimate of drug-likeness (QED) is 0.746. The second-order valence-electron chi connectivity index (χ2n) is 4.66. The fraction of sp³-hybridized carbons (Fsp3) is 0.500. The van der Waals surface area contributed by atoms with Gasteiger partial charge in [0.05, 0.1) is 12.6 Å². The van der Waals surface area contributed by atoms with Crippen LogP contribution in [0, 0.1) is 0 Å². The van der Waals surface area contributed by atoms with Crippen LogP contribution < -0.4 is 20.5 Å². The highest BCUT2D eigenvalue weighted by Crippen LogP contribution is 2.34. The standard InChI is InChI=1S/C14H20N2O4/c1-9(14(17)16-5-6-18-2)20-10-3-4-11-12(15)8-19-13(11)7-10/h3-4,7,9,12H,5-6,8,15H2,1-2H3,(H,16,17). The van der Waals surface area contributed by atoms with E-state index in [9.17, 15) is 4.79 Å². The van der Waals surface area contributed by atoms with Gasteiger partial charge in [-0.1, -0.05) is 0 Å². The number of hydrogen-bond acceptors (Lipinski definition) is 5. The van der Waals surface area contributed by atoms with Crippen molar-refractivity contribution in [2.24, 2.45) is 5.73 Å². The van der Waals surface area contributed by atoms with Crippen LogP contribution in [-0.4, -0.2) is 38.9 Å². The zero-order valence-corrected chi connectivity index (χ0v) is 11.7. The van der Waals surface area contributed by atoms with Crippen molar-refractivity contribution in [1.82, 2.24) is 5.32 Å². The first kappa shape index (κ1) is 14.6. The van der Waals surface area contributed by atoms with E-state index in [1.807, 2.05) is 6.07 Å². The number of benzene rings is 1. The zero-order chi connectivity index (χ0) is 14.5. The van der Waals surface area contributed by atoms with E-state index in [4.69, 9.17) is 19.9 Å². The highest BCUT2D eigenvalue weighted by molar-refractivity contribution is 5.80. The Hall–Kier alpha value is -1.79. The van der Waals surface area contributed by atoms with E-state index < -0.39 is 6.10 Å². The maximum Gasteiger partial charge on any atom is 0.260 e. The Labute approximate surface area is 118 Å². The van der Waals surface area contributed by atoms with E-state index in [-0.39, 0.29) is 11.9 Å². The van der Waals surface area contributed by atoms with E-state index in [0.717, 1.165) is 11.3 Å². The summed E-state index contributed by atoms with van der Waals surface area (Å²) in [7, 11) is 1.58. The molecule has 6 heteroatoms. The van der Waals surface area contributed by atoms with Gasteiger partial charge in [-0.25, -0.2) is 0 Å². The number of nitrogens with one attached hydrogen (secondary N) is 1. The Kier molecular flexibility index (Phi) is 4.81. The Morgan fingerprint density at radius 3 is 3.15 bits per heavy atom. The van der Waals surface area contributed by atoms with Gasteiger partial charge in [0.15, 0.2) is 6.10 Å². The molecule has 110 valence electrons. The molecular weight excluding hydrogens is 260 g/mol. The van der Waals surface area contributed by atoms with Gasteiger partial charge < -0.3 is 25.3 Å². The number of amides is 1. The molecule has 1 aliphatic heterocycles. The van der Waals surface area contributed by atoms with Crippen LogP contribution in [-0.2, 0) is 9.53 Å². The second-order valence-corrected chi connectivity index (χ2v) is 4.66. The molecule has 0 bridgehead atoms. The van der Waals surface area contributed by atoms with Crippen LogP contribution in [0.15, 0.2) is 18.2 Å². The number of hydrogen-bond donors (Lipinski definition) is 2. The molecule has 1 aliphatic rings. The lowest BCUT2D eigenvalue weighted by atomic mass is 10.1. The minimum absolute atomic E-state index is 0.0891. The van der Waals surface area contributed by atoms with Crippen LogP contribution in [0.4, 0.5) is 0 Å². The Bertz CT molecular complexity index is 478. The van der Waals surface area contributed by atoms with Gasteiger partial charge in [-0.2, -0.15) is 0 Å². The molecule has 1 aromatic carbocycles. The first-order valence-electron chi connectivity index (χ1n) is 6.57. The number of ether oxygens (including phenoxy) is 3. The van der Waals surface area contributed by atoms with E-state index in [2.05, 4.69) is 5.32 Å². The van der Waals surface area contributed by atoms with E-state index in [1.165, 1.54) is 0 Å². The van der Waals surface area contributed by atoms with Gasteiger partial charge in [0.2, 0.25) is 0 Å². The van der Waals surface area contributed by atoms with Gasteiger partial charge in [-0.05, 0) is 19.1 Å². The third-order valence-electron chi connectivity index (χ3n) is 3.09. The predicted octanol–water partition coefficient (Wildman–Crippen LogP) is 0.609. The minimum Gasteiger partial charge on any atom is -0.491 e. The molecule has 0 saturated heterocycles. The average molecular weight is 280 g/mol. The molecule has 0 fully saturated rings. The number of rotatable bonds is 6. The first-order valence-corrected chi connectivity index (χ1v) is 6.57. The highest BCUT2D eigenvalue weighted by atomic mass is 16.5. The molecule has 1 heterocycles. The van der Waals surface area contributed by atoms with Crippen molar-refractivity contribution < 1.29 is 19.0 Å². The summed E-state index contributed by atoms with van der Waals surface area (Å²) in [6.07, 6.45) is -0.583. The van der Waals surface area contributed by atoms with E-state index >= 15 is 0 Å². The molecular formula is C14H20N2O4. The number of carbonyl (C=O) groups excluding carboxylic acids is 1. The summed E-state index contributed by atoms with van der Waals surface area (Å²) in [4.78, 5) is 11.8. The topological polar surface area (TPSA) is 82.8 Å². The SMILES string of the molecule is COCCNC(=O)C(C)Oc1ccc2c(c1)OCC2N. The third kappa shape index (κ3) is 3.40. The fourth-order valence-electron chi connectivity index (χ4n) is 1.97. The van der Waals surface area contributed by atoms with Crippen molar-refractivity contribution in [3.05, 3.63) is 23.8 Å². The monoisotopic (exact) mass is 280 g/mol. The molecule has 6 nitrogen and oxygen atoms in total. The molecule has 3 N–H and O–H groups in total.